The van der Waals surface area contributed by atoms with E-state index in [0.29, 0.717) is 44.6 Å². The minimum absolute atomic E-state index is 0. The van der Waals surface area contributed by atoms with E-state index in [1.54, 1.807) is 24.8 Å². The molecule has 0 aliphatic carbocycles. The lowest BCUT2D eigenvalue weighted by Gasteiger charge is -2.12. The summed E-state index contributed by atoms with van der Waals surface area (Å²) in [7, 11) is 3.98. The van der Waals surface area contributed by atoms with Gasteiger partial charge in [0, 0.05) is 10.3 Å². The predicted octanol–water partition coefficient (Wildman–Crippen LogP) is 1.02. The lowest BCUT2D eigenvalue weighted by Crippen LogP contribution is -3.04. The number of hydrogen-bond donors (Lipinski definition) is 2. The summed E-state index contributed by atoms with van der Waals surface area (Å²) in [5.41, 5.74) is 1.64. The van der Waals surface area contributed by atoms with E-state index in [9.17, 15) is 9.90 Å². The summed E-state index contributed by atoms with van der Waals surface area (Å²) in [6, 6.07) is 11.6. The summed E-state index contributed by atoms with van der Waals surface area (Å²) in [6.45, 7) is 2.59. The Labute approximate surface area is 188 Å². The Morgan fingerprint density at radius 1 is 1.28 bits per heavy atom. The first-order valence-corrected chi connectivity index (χ1v) is 10.8. The second-order valence-corrected chi connectivity index (χ2v) is 8.57. The third kappa shape index (κ3) is 5.28. The van der Waals surface area contributed by atoms with Gasteiger partial charge in [-0.1, -0.05) is 18.2 Å². The molecule has 0 atom stereocenters. The van der Waals surface area contributed by atoms with Crippen LogP contribution in [0, 0.1) is 0 Å². The van der Waals surface area contributed by atoms with Gasteiger partial charge in [-0.05, 0) is 41.1 Å². The van der Waals surface area contributed by atoms with Crippen molar-refractivity contribution in [2.75, 3.05) is 20.7 Å². The van der Waals surface area contributed by atoms with Gasteiger partial charge >= 0.3 is 5.97 Å². The topological polar surface area (TPSA) is 64.1 Å². The Morgan fingerprint density at radius 2 is 1.97 bits per heavy atom. The first-order chi connectivity index (χ1) is 13.4. The minimum atomic E-state index is -0.429. The van der Waals surface area contributed by atoms with E-state index in [1.165, 1.54) is 0 Å². The van der Waals surface area contributed by atoms with Gasteiger partial charge in [-0.3, -0.25) is 0 Å². The Morgan fingerprint density at radius 3 is 2.59 bits per heavy atom. The highest BCUT2D eigenvalue weighted by Crippen LogP contribution is 2.40. The molecule has 0 saturated carbocycles. The molecule has 0 bridgehead atoms. The molecule has 3 aromatic rings. The maximum atomic E-state index is 12.8. The van der Waals surface area contributed by atoms with Crippen molar-refractivity contribution in [3.63, 3.8) is 0 Å². The molecule has 2 N–H and O–H groups in total. The number of phenols is 1. The van der Waals surface area contributed by atoms with Crippen molar-refractivity contribution in [3.8, 4) is 5.75 Å². The Bertz CT molecular complexity index is 992. The average Bonchev–Trinajstić information content (AvgIpc) is 3.02. The fraction of sp³-hybridized carbons (Fsp3) is 0.286. The lowest BCUT2D eigenvalue weighted by molar-refractivity contribution is -0.872. The largest absolute Gasteiger partial charge is 1.00 e. The van der Waals surface area contributed by atoms with Crippen LogP contribution in [0.5, 0.6) is 5.75 Å². The van der Waals surface area contributed by atoms with Gasteiger partial charge in [0.1, 0.15) is 29.2 Å². The van der Waals surface area contributed by atoms with E-state index >= 15 is 0 Å². The van der Waals surface area contributed by atoms with Crippen molar-refractivity contribution in [1.29, 1.82) is 0 Å². The number of halogens is 2. The number of quaternary nitrogens is 1. The van der Waals surface area contributed by atoms with Gasteiger partial charge in [0.25, 0.3) is 0 Å². The van der Waals surface area contributed by atoms with Crippen LogP contribution in [0.4, 0.5) is 0 Å². The third-order valence-corrected chi connectivity index (χ3v) is 5.82. The number of aromatic hydroxyl groups is 1. The van der Waals surface area contributed by atoms with Crippen LogP contribution < -0.4 is 17.3 Å². The standard InChI is InChI=1S/C21H22BrNO4S.ClH/c1-4-26-21(25)19-17(12-28-13-8-6-5-7-9-13)27-16-10-15(22)20(24)14(18(16)19)11-23(2)3;/h5-10,24H,4,11-12H2,1-3H3;1H. The summed E-state index contributed by atoms with van der Waals surface area (Å²) in [4.78, 5) is 15.0. The summed E-state index contributed by atoms with van der Waals surface area (Å²) in [5.74, 6) is 0.734. The number of carbonyl (C=O) groups is 1. The third-order valence-electron chi connectivity index (χ3n) is 4.20. The second-order valence-electron chi connectivity index (χ2n) is 6.67. The normalized spacial score (nSPS) is 10.9. The molecule has 1 aromatic heterocycles. The number of esters is 1. The summed E-state index contributed by atoms with van der Waals surface area (Å²) in [6.07, 6.45) is 0. The van der Waals surface area contributed by atoms with Crippen LogP contribution in [0.15, 0.2) is 50.2 Å². The molecule has 2 aromatic carbocycles. The van der Waals surface area contributed by atoms with Gasteiger partial charge in [-0.15, -0.1) is 11.8 Å². The van der Waals surface area contributed by atoms with Gasteiger partial charge in [-0.2, -0.15) is 0 Å². The van der Waals surface area contributed by atoms with Crippen molar-refractivity contribution >= 4 is 44.6 Å². The highest BCUT2D eigenvalue weighted by molar-refractivity contribution is 9.10. The van der Waals surface area contributed by atoms with E-state index in [2.05, 4.69) is 15.9 Å². The molecule has 29 heavy (non-hydrogen) atoms. The summed E-state index contributed by atoms with van der Waals surface area (Å²) >= 11 is 4.98. The molecule has 0 spiro atoms. The Hall–Kier alpha value is -1.67. The molecular weight excluding hydrogens is 478 g/mol. The molecule has 0 aliphatic heterocycles. The molecule has 5 nitrogen and oxygen atoms in total. The Kier molecular flexibility index (Phi) is 8.46. The van der Waals surface area contributed by atoms with E-state index in [0.717, 1.165) is 9.80 Å². The fourth-order valence-electron chi connectivity index (χ4n) is 3.06. The number of furan rings is 1. The molecule has 8 heteroatoms. The molecule has 1 heterocycles. The van der Waals surface area contributed by atoms with Gasteiger partial charge in [-0.25, -0.2) is 4.79 Å². The van der Waals surface area contributed by atoms with Crippen molar-refractivity contribution in [2.45, 2.75) is 24.1 Å². The smallest absolute Gasteiger partial charge is 0.342 e. The van der Waals surface area contributed by atoms with Crippen LogP contribution in [-0.2, 0) is 17.0 Å². The molecule has 0 fully saturated rings. The van der Waals surface area contributed by atoms with E-state index < -0.39 is 5.97 Å². The average molecular weight is 501 g/mol. The van der Waals surface area contributed by atoms with Crippen LogP contribution in [0.25, 0.3) is 11.0 Å². The lowest BCUT2D eigenvalue weighted by atomic mass is 10.0. The van der Waals surface area contributed by atoms with Crippen LogP contribution >= 0.6 is 27.7 Å². The number of benzene rings is 2. The van der Waals surface area contributed by atoms with Crippen LogP contribution in [0.3, 0.4) is 0 Å². The van der Waals surface area contributed by atoms with Gasteiger partial charge in [0.15, 0.2) is 0 Å². The number of nitrogens with one attached hydrogen (secondary N) is 1. The number of fused-ring (bicyclic) bond motifs is 1. The zero-order chi connectivity index (χ0) is 20.3. The van der Waals surface area contributed by atoms with Crippen LogP contribution in [0.1, 0.15) is 28.6 Å². The number of hydrogen-bond acceptors (Lipinski definition) is 5. The van der Waals surface area contributed by atoms with Crippen molar-refractivity contribution in [3.05, 3.63) is 57.8 Å². The van der Waals surface area contributed by atoms with Crippen LogP contribution in [-0.4, -0.2) is 31.8 Å². The molecule has 156 valence electrons. The highest BCUT2D eigenvalue weighted by atomic mass is 79.9. The SMILES string of the molecule is CCOC(=O)c1c(CSc2ccccc2)oc2cc(Br)c(O)c(C[NH+](C)C)c12.[Cl-]. The second kappa shape index (κ2) is 10.4. The summed E-state index contributed by atoms with van der Waals surface area (Å²) in [5, 5.41) is 11.3. The first-order valence-electron chi connectivity index (χ1n) is 9.02. The van der Waals surface area contributed by atoms with E-state index in [1.807, 2.05) is 44.4 Å². The number of ether oxygens (including phenoxy) is 1. The Balaban J connectivity index is 0.00000300. The monoisotopic (exact) mass is 499 g/mol. The molecule has 0 amide bonds. The number of rotatable bonds is 7. The van der Waals surface area contributed by atoms with Crippen molar-refractivity contribution < 1.29 is 36.4 Å². The first kappa shape index (κ1) is 23.6. The molecule has 0 radical (unpaired) electrons. The van der Waals surface area contributed by atoms with Crippen molar-refractivity contribution in [1.82, 2.24) is 0 Å². The van der Waals surface area contributed by atoms with E-state index in [-0.39, 0.29) is 24.8 Å². The fourth-order valence-corrected chi connectivity index (χ4v) is 4.35. The molecule has 3 rings (SSSR count). The molecule has 0 aliphatic rings. The van der Waals surface area contributed by atoms with Gasteiger partial charge < -0.3 is 31.6 Å². The zero-order valence-corrected chi connectivity index (χ0v) is 19.6. The summed E-state index contributed by atoms with van der Waals surface area (Å²) < 4.78 is 11.9. The zero-order valence-electron chi connectivity index (χ0n) is 16.4. The molecule has 0 saturated heterocycles. The van der Waals surface area contributed by atoms with Crippen molar-refractivity contribution in [2.24, 2.45) is 0 Å². The minimum Gasteiger partial charge on any atom is -1.00 e. The van der Waals surface area contributed by atoms with E-state index in [4.69, 9.17) is 9.15 Å². The maximum Gasteiger partial charge on any atom is 0.342 e. The molecule has 0 unspecified atom stereocenters. The quantitative estimate of drug-likeness (QED) is 0.375. The number of thioether (sulfide) groups is 1. The van der Waals surface area contributed by atoms with Gasteiger partial charge in [0.2, 0.25) is 0 Å². The van der Waals surface area contributed by atoms with Gasteiger partial charge in [0.05, 0.1) is 36.5 Å². The molecular formula is C21H23BrClNO4S. The number of phenolic OH excluding ortho intramolecular Hbond substituents is 1. The van der Waals surface area contributed by atoms with Crippen LogP contribution in [0.2, 0.25) is 0 Å². The maximum absolute atomic E-state index is 12.8. The predicted molar refractivity (Wildman–Crippen MR) is 114 cm³/mol. The highest BCUT2D eigenvalue weighted by Gasteiger charge is 2.28. The number of carbonyl (C=O) groups excluding carboxylic acids is 1.